The fraction of sp³-hybridized carbons (Fsp3) is 0.222. The molecule has 0 aliphatic carbocycles. The summed E-state index contributed by atoms with van der Waals surface area (Å²) in [5.41, 5.74) is 0.0435. The van der Waals surface area contributed by atoms with E-state index in [9.17, 15) is 10.1 Å². The Labute approximate surface area is 76.3 Å². The molecule has 0 saturated heterocycles. The van der Waals surface area contributed by atoms with Crippen molar-refractivity contribution >= 4 is 5.69 Å². The first kappa shape index (κ1) is 9.51. The Kier molecular flexibility index (Phi) is 3.25. The molecule has 0 bridgehead atoms. The lowest BCUT2D eigenvalue weighted by Gasteiger charge is -2.01. The zero-order valence-corrected chi connectivity index (χ0v) is 7.27. The maximum absolute atomic E-state index is 10.4. The monoisotopic (exact) mass is 180 g/mol. The van der Waals surface area contributed by atoms with Crippen LogP contribution in [0.1, 0.15) is 13.3 Å². The number of rotatable bonds is 4. The van der Waals surface area contributed by atoms with Crippen molar-refractivity contribution < 1.29 is 9.66 Å². The minimum Gasteiger partial charge on any atom is -0.486 e. The van der Waals surface area contributed by atoms with E-state index >= 15 is 0 Å². The van der Waals surface area contributed by atoms with E-state index < -0.39 is 4.92 Å². The summed E-state index contributed by atoms with van der Waals surface area (Å²) in [6.07, 6.45) is 0.767. The van der Waals surface area contributed by atoms with Gasteiger partial charge in [0.1, 0.15) is 12.4 Å². The summed E-state index contributed by atoms with van der Waals surface area (Å²) in [5, 5.41) is 10.4. The number of hydrogen-bond acceptors (Lipinski definition) is 3. The maximum atomic E-state index is 10.4. The lowest BCUT2D eigenvalue weighted by Crippen LogP contribution is -1.91. The van der Waals surface area contributed by atoms with E-state index in [1.54, 1.807) is 18.7 Å². The highest BCUT2D eigenvalue weighted by molar-refractivity contribution is 5.38. The first-order valence-corrected chi connectivity index (χ1v) is 3.97. The molecule has 0 saturated carbocycles. The summed E-state index contributed by atoms with van der Waals surface area (Å²) in [5.74, 6) is 0.496. The van der Waals surface area contributed by atoms with Crippen molar-refractivity contribution in [1.29, 1.82) is 0 Å². The number of ether oxygens (including phenoxy) is 1. The fourth-order valence-corrected chi connectivity index (χ4v) is 0.850. The molecule has 13 heavy (non-hydrogen) atoms. The Morgan fingerprint density at radius 3 is 3.00 bits per heavy atom. The van der Waals surface area contributed by atoms with Crippen LogP contribution >= 0.6 is 0 Å². The van der Waals surface area contributed by atoms with E-state index in [-0.39, 0.29) is 5.69 Å². The minimum atomic E-state index is -0.446. The Bertz CT molecular complexity index is 299. The first-order chi connectivity index (χ1) is 6.24. The molecule has 0 aliphatic heterocycles. The van der Waals surface area contributed by atoms with Gasteiger partial charge in [-0.05, 0) is 12.5 Å². The topological polar surface area (TPSA) is 52.4 Å². The van der Waals surface area contributed by atoms with Crippen molar-refractivity contribution in [3.8, 4) is 5.75 Å². The van der Waals surface area contributed by atoms with Crippen LogP contribution in [0.25, 0.3) is 0 Å². The van der Waals surface area contributed by atoms with Gasteiger partial charge in [-0.3, -0.25) is 10.1 Å². The average Bonchev–Trinajstić information content (AvgIpc) is 2.15. The zero-order valence-electron chi connectivity index (χ0n) is 7.27. The van der Waals surface area contributed by atoms with Gasteiger partial charge in [0.05, 0.1) is 11.0 Å². The van der Waals surface area contributed by atoms with Gasteiger partial charge in [0.2, 0.25) is 0 Å². The van der Waals surface area contributed by atoms with E-state index in [1.165, 1.54) is 12.1 Å². The van der Waals surface area contributed by atoms with Crippen LogP contribution in [0.4, 0.5) is 5.69 Å². The molecular weight excluding hydrogens is 170 g/mol. The van der Waals surface area contributed by atoms with Crippen LogP contribution in [0, 0.1) is 16.7 Å². The zero-order chi connectivity index (χ0) is 9.68. The van der Waals surface area contributed by atoms with Crippen molar-refractivity contribution in [1.82, 2.24) is 0 Å². The third kappa shape index (κ3) is 2.74. The molecular formula is C9H10NO3. The van der Waals surface area contributed by atoms with Crippen molar-refractivity contribution in [2.45, 2.75) is 13.3 Å². The Morgan fingerprint density at radius 1 is 1.62 bits per heavy atom. The molecule has 0 fully saturated rings. The lowest BCUT2D eigenvalue weighted by atomic mass is 10.3. The molecule has 1 radical (unpaired) electrons. The normalized spacial score (nSPS) is 9.62. The summed E-state index contributed by atoms with van der Waals surface area (Å²) in [4.78, 5) is 9.92. The Hall–Kier alpha value is -1.58. The standard InChI is InChI=1S/C9H10NO3/c1-2-6-13-9-5-3-4-8(7-9)10(11)12/h3-7H,2H2,1H3. The Balaban J connectivity index is 2.73. The number of nitro groups is 1. The van der Waals surface area contributed by atoms with Gasteiger partial charge >= 0.3 is 0 Å². The van der Waals surface area contributed by atoms with Crippen LogP contribution in [0.5, 0.6) is 5.75 Å². The van der Waals surface area contributed by atoms with Crippen LogP contribution in [0.2, 0.25) is 0 Å². The smallest absolute Gasteiger partial charge is 0.273 e. The van der Waals surface area contributed by atoms with Crippen LogP contribution in [0.15, 0.2) is 24.3 Å². The van der Waals surface area contributed by atoms with Gasteiger partial charge in [0.25, 0.3) is 5.69 Å². The number of benzene rings is 1. The second kappa shape index (κ2) is 4.45. The van der Waals surface area contributed by atoms with E-state index in [0.29, 0.717) is 5.75 Å². The summed E-state index contributed by atoms with van der Waals surface area (Å²) in [7, 11) is 0. The van der Waals surface area contributed by atoms with E-state index in [4.69, 9.17) is 4.74 Å². The van der Waals surface area contributed by atoms with Crippen molar-refractivity contribution in [3.05, 3.63) is 41.0 Å². The number of hydrogen-bond donors (Lipinski definition) is 0. The third-order valence-electron chi connectivity index (χ3n) is 1.41. The number of non-ortho nitro benzene ring substituents is 1. The largest absolute Gasteiger partial charge is 0.486 e. The second-order valence-electron chi connectivity index (χ2n) is 2.45. The van der Waals surface area contributed by atoms with Gasteiger partial charge in [-0.25, -0.2) is 0 Å². The van der Waals surface area contributed by atoms with Gasteiger partial charge < -0.3 is 4.74 Å². The van der Waals surface area contributed by atoms with Crippen LogP contribution < -0.4 is 4.74 Å². The van der Waals surface area contributed by atoms with E-state index in [1.807, 2.05) is 6.92 Å². The van der Waals surface area contributed by atoms with E-state index in [0.717, 1.165) is 6.42 Å². The molecule has 4 nitrogen and oxygen atoms in total. The molecule has 0 heterocycles. The molecule has 0 spiro atoms. The molecule has 0 aliphatic rings. The van der Waals surface area contributed by atoms with Crippen molar-refractivity contribution in [2.24, 2.45) is 0 Å². The molecule has 1 aromatic carbocycles. The molecule has 1 rings (SSSR count). The molecule has 0 amide bonds. The highest BCUT2D eigenvalue weighted by Crippen LogP contribution is 2.19. The van der Waals surface area contributed by atoms with Gasteiger partial charge in [0.15, 0.2) is 0 Å². The predicted octanol–water partition coefficient (Wildman–Crippen LogP) is 2.55. The molecule has 1 aromatic rings. The lowest BCUT2D eigenvalue weighted by molar-refractivity contribution is -0.384. The summed E-state index contributed by atoms with van der Waals surface area (Å²) in [6.45, 7) is 3.52. The average molecular weight is 180 g/mol. The maximum Gasteiger partial charge on any atom is 0.273 e. The minimum absolute atomic E-state index is 0.0435. The summed E-state index contributed by atoms with van der Waals surface area (Å²) >= 11 is 0. The molecule has 0 N–H and O–H groups in total. The van der Waals surface area contributed by atoms with Crippen LogP contribution in [-0.4, -0.2) is 4.92 Å². The summed E-state index contributed by atoms with van der Waals surface area (Å²) < 4.78 is 5.12. The van der Waals surface area contributed by atoms with Gasteiger partial charge in [-0.1, -0.05) is 13.0 Å². The quantitative estimate of drug-likeness (QED) is 0.528. The predicted molar refractivity (Wildman–Crippen MR) is 48.3 cm³/mol. The molecule has 0 aromatic heterocycles. The highest BCUT2D eigenvalue weighted by Gasteiger charge is 2.05. The van der Waals surface area contributed by atoms with Crippen LogP contribution in [0.3, 0.4) is 0 Å². The molecule has 69 valence electrons. The van der Waals surface area contributed by atoms with E-state index in [2.05, 4.69) is 0 Å². The SMILES string of the molecule is CC[CH]Oc1cccc([N+](=O)[O-])c1. The molecule has 0 unspecified atom stereocenters. The second-order valence-corrected chi connectivity index (χ2v) is 2.45. The summed E-state index contributed by atoms with van der Waals surface area (Å²) in [6, 6.07) is 6.10. The van der Waals surface area contributed by atoms with Gasteiger partial charge in [-0.2, -0.15) is 0 Å². The fourth-order valence-electron chi connectivity index (χ4n) is 0.850. The van der Waals surface area contributed by atoms with Gasteiger partial charge in [0, 0.05) is 6.07 Å². The highest BCUT2D eigenvalue weighted by atomic mass is 16.6. The molecule has 0 atom stereocenters. The number of nitrogens with zero attached hydrogens (tertiary/aromatic N) is 1. The van der Waals surface area contributed by atoms with Gasteiger partial charge in [-0.15, -0.1) is 0 Å². The number of nitro benzene ring substituents is 1. The first-order valence-electron chi connectivity index (χ1n) is 3.97. The van der Waals surface area contributed by atoms with Crippen LogP contribution in [-0.2, 0) is 0 Å². The third-order valence-corrected chi connectivity index (χ3v) is 1.41. The molecule has 4 heteroatoms. The van der Waals surface area contributed by atoms with Crippen molar-refractivity contribution in [3.63, 3.8) is 0 Å². The Morgan fingerprint density at radius 2 is 2.38 bits per heavy atom. The van der Waals surface area contributed by atoms with Crippen molar-refractivity contribution in [2.75, 3.05) is 0 Å².